The van der Waals surface area contributed by atoms with E-state index in [-0.39, 0.29) is 0 Å². The molecule has 2 rings (SSSR count). The van der Waals surface area contributed by atoms with Crippen LogP contribution in [0.3, 0.4) is 0 Å². The maximum Gasteiger partial charge on any atom is 0.134 e. The molecule has 1 saturated carbocycles. The SMILES string of the molecule is CC1(C)CC1NCc1cccc(Br)c1O. The summed E-state index contributed by atoms with van der Waals surface area (Å²) in [5, 5.41) is 13.2. The zero-order chi connectivity index (χ0) is 11.1. The molecule has 2 nitrogen and oxygen atoms in total. The van der Waals surface area contributed by atoms with Crippen molar-refractivity contribution in [3.05, 3.63) is 28.2 Å². The Morgan fingerprint density at radius 3 is 2.80 bits per heavy atom. The number of para-hydroxylation sites is 1. The molecule has 0 aromatic heterocycles. The Bertz CT molecular complexity index is 376. The number of hydrogen-bond donors (Lipinski definition) is 2. The molecule has 1 aliphatic carbocycles. The van der Waals surface area contributed by atoms with Crippen molar-refractivity contribution >= 4 is 15.9 Å². The van der Waals surface area contributed by atoms with E-state index in [1.165, 1.54) is 6.42 Å². The Morgan fingerprint density at radius 2 is 2.20 bits per heavy atom. The summed E-state index contributed by atoms with van der Waals surface area (Å²) < 4.78 is 0.761. The van der Waals surface area contributed by atoms with Gasteiger partial charge in [-0.2, -0.15) is 0 Å². The highest BCUT2D eigenvalue weighted by molar-refractivity contribution is 9.10. The van der Waals surface area contributed by atoms with Crippen molar-refractivity contribution < 1.29 is 5.11 Å². The number of aromatic hydroxyl groups is 1. The maximum absolute atomic E-state index is 9.77. The second-order valence-electron chi connectivity index (χ2n) is 4.87. The molecule has 0 radical (unpaired) electrons. The number of benzene rings is 1. The van der Waals surface area contributed by atoms with Gasteiger partial charge in [-0.25, -0.2) is 0 Å². The lowest BCUT2D eigenvalue weighted by Crippen LogP contribution is -2.19. The monoisotopic (exact) mass is 269 g/mol. The molecule has 1 aliphatic rings. The van der Waals surface area contributed by atoms with Crippen LogP contribution in [0.25, 0.3) is 0 Å². The summed E-state index contributed by atoms with van der Waals surface area (Å²) in [7, 11) is 0. The molecule has 1 aromatic carbocycles. The van der Waals surface area contributed by atoms with Gasteiger partial charge in [0.15, 0.2) is 0 Å². The van der Waals surface area contributed by atoms with E-state index in [0.717, 1.165) is 16.6 Å². The maximum atomic E-state index is 9.77. The van der Waals surface area contributed by atoms with Crippen molar-refractivity contribution in [2.45, 2.75) is 32.9 Å². The summed E-state index contributed by atoms with van der Waals surface area (Å²) in [6.45, 7) is 5.25. The summed E-state index contributed by atoms with van der Waals surface area (Å²) in [6.07, 6.45) is 1.22. The standard InChI is InChI=1S/C12H16BrNO/c1-12(2)6-10(12)14-7-8-4-3-5-9(13)11(8)15/h3-5,10,14-15H,6-7H2,1-2H3. The third-order valence-electron chi connectivity index (χ3n) is 3.12. The molecule has 1 fully saturated rings. The zero-order valence-corrected chi connectivity index (χ0v) is 10.6. The zero-order valence-electron chi connectivity index (χ0n) is 9.05. The second kappa shape index (κ2) is 3.80. The second-order valence-corrected chi connectivity index (χ2v) is 5.73. The Balaban J connectivity index is 1.97. The predicted molar refractivity (Wildman–Crippen MR) is 64.8 cm³/mol. The van der Waals surface area contributed by atoms with E-state index >= 15 is 0 Å². The Morgan fingerprint density at radius 1 is 1.53 bits per heavy atom. The molecule has 0 aliphatic heterocycles. The van der Waals surface area contributed by atoms with Gasteiger partial charge in [-0.15, -0.1) is 0 Å². The van der Waals surface area contributed by atoms with Crippen LogP contribution >= 0.6 is 15.9 Å². The summed E-state index contributed by atoms with van der Waals surface area (Å²) in [4.78, 5) is 0. The lowest BCUT2D eigenvalue weighted by atomic mass is 10.1. The minimum atomic E-state index is 0.350. The summed E-state index contributed by atoms with van der Waals surface area (Å²) in [5.74, 6) is 0.350. The highest BCUT2D eigenvalue weighted by Gasteiger charge is 2.45. The topological polar surface area (TPSA) is 32.3 Å². The van der Waals surface area contributed by atoms with E-state index in [2.05, 4.69) is 35.1 Å². The molecule has 0 amide bonds. The third-order valence-corrected chi connectivity index (χ3v) is 3.76. The van der Waals surface area contributed by atoms with Crippen molar-refractivity contribution in [2.75, 3.05) is 0 Å². The quantitative estimate of drug-likeness (QED) is 0.884. The lowest BCUT2D eigenvalue weighted by molar-refractivity contribution is 0.457. The Labute approximate surface area is 98.8 Å². The van der Waals surface area contributed by atoms with Crippen LogP contribution in [0.1, 0.15) is 25.8 Å². The fraction of sp³-hybridized carbons (Fsp3) is 0.500. The molecule has 1 atom stereocenters. The summed E-state index contributed by atoms with van der Waals surface area (Å²) in [5.41, 5.74) is 1.38. The molecule has 0 bridgehead atoms. The van der Waals surface area contributed by atoms with Gasteiger partial charge in [0.25, 0.3) is 0 Å². The fourth-order valence-electron chi connectivity index (χ4n) is 1.75. The highest BCUT2D eigenvalue weighted by Crippen LogP contribution is 2.44. The van der Waals surface area contributed by atoms with Gasteiger partial charge >= 0.3 is 0 Å². The molecule has 2 N–H and O–H groups in total. The van der Waals surface area contributed by atoms with E-state index in [0.29, 0.717) is 17.2 Å². The van der Waals surface area contributed by atoms with Crippen LogP contribution < -0.4 is 5.32 Å². The Kier molecular flexibility index (Phi) is 2.77. The summed E-state index contributed by atoms with van der Waals surface area (Å²) >= 11 is 3.31. The molecule has 1 aromatic rings. The van der Waals surface area contributed by atoms with E-state index in [9.17, 15) is 5.11 Å². The van der Waals surface area contributed by atoms with Crippen LogP contribution in [0.15, 0.2) is 22.7 Å². The van der Waals surface area contributed by atoms with Crippen LogP contribution in [0, 0.1) is 5.41 Å². The van der Waals surface area contributed by atoms with Gasteiger partial charge in [-0.3, -0.25) is 0 Å². The van der Waals surface area contributed by atoms with Crippen LogP contribution in [0.2, 0.25) is 0 Å². The molecule has 0 saturated heterocycles. The molecule has 15 heavy (non-hydrogen) atoms. The van der Waals surface area contributed by atoms with Crippen molar-refractivity contribution in [3.63, 3.8) is 0 Å². The molecular weight excluding hydrogens is 254 g/mol. The minimum Gasteiger partial charge on any atom is -0.506 e. The van der Waals surface area contributed by atoms with Gasteiger partial charge in [-0.1, -0.05) is 26.0 Å². The van der Waals surface area contributed by atoms with Crippen molar-refractivity contribution in [2.24, 2.45) is 5.41 Å². The van der Waals surface area contributed by atoms with Crippen LogP contribution in [0.5, 0.6) is 5.75 Å². The largest absolute Gasteiger partial charge is 0.506 e. The average Bonchev–Trinajstić information content (AvgIpc) is 2.77. The van der Waals surface area contributed by atoms with E-state index in [1.807, 2.05) is 18.2 Å². The number of halogens is 1. The predicted octanol–water partition coefficient (Wildman–Crippen LogP) is 3.04. The van der Waals surface area contributed by atoms with Gasteiger partial charge in [-0.05, 0) is 33.8 Å². The molecule has 0 heterocycles. The number of phenols is 1. The first-order valence-electron chi connectivity index (χ1n) is 5.20. The molecule has 82 valence electrons. The average molecular weight is 270 g/mol. The Hall–Kier alpha value is -0.540. The summed E-state index contributed by atoms with van der Waals surface area (Å²) in [6, 6.07) is 6.33. The van der Waals surface area contributed by atoms with Crippen LogP contribution in [0.4, 0.5) is 0 Å². The van der Waals surface area contributed by atoms with E-state index < -0.39 is 0 Å². The number of rotatable bonds is 3. The van der Waals surface area contributed by atoms with Gasteiger partial charge in [0, 0.05) is 18.2 Å². The first-order chi connectivity index (χ1) is 7.00. The minimum absolute atomic E-state index is 0.350. The molecule has 0 spiro atoms. The first-order valence-corrected chi connectivity index (χ1v) is 6.00. The lowest BCUT2D eigenvalue weighted by Gasteiger charge is -2.09. The highest BCUT2D eigenvalue weighted by atomic mass is 79.9. The van der Waals surface area contributed by atoms with Crippen LogP contribution in [-0.2, 0) is 6.54 Å². The van der Waals surface area contributed by atoms with Gasteiger partial charge < -0.3 is 10.4 Å². The molecule has 1 unspecified atom stereocenters. The normalized spacial score (nSPS) is 22.7. The molecular formula is C12H16BrNO. The number of hydrogen-bond acceptors (Lipinski definition) is 2. The fourth-order valence-corrected chi connectivity index (χ4v) is 2.16. The van der Waals surface area contributed by atoms with Gasteiger partial charge in [0.05, 0.1) is 4.47 Å². The number of nitrogens with one attached hydrogen (secondary N) is 1. The van der Waals surface area contributed by atoms with E-state index in [1.54, 1.807) is 0 Å². The van der Waals surface area contributed by atoms with Gasteiger partial charge in [0.1, 0.15) is 5.75 Å². The van der Waals surface area contributed by atoms with Crippen LogP contribution in [-0.4, -0.2) is 11.1 Å². The van der Waals surface area contributed by atoms with Gasteiger partial charge in [0.2, 0.25) is 0 Å². The van der Waals surface area contributed by atoms with Crippen molar-refractivity contribution in [1.82, 2.24) is 5.32 Å². The first kappa shape index (κ1) is 11.0. The van der Waals surface area contributed by atoms with Crippen molar-refractivity contribution in [1.29, 1.82) is 0 Å². The van der Waals surface area contributed by atoms with Crippen molar-refractivity contribution in [3.8, 4) is 5.75 Å². The number of phenolic OH excluding ortho intramolecular Hbond substituents is 1. The molecule has 3 heteroatoms. The smallest absolute Gasteiger partial charge is 0.134 e. The third kappa shape index (κ3) is 2.34. The van der Waals surface area contributed by atoms with E-state index in [4.69, 9.17) is 0 Å².